The number of carboxylic acids is 1. The number of carboxylic acid groups (broad SMARTS) is 1. The Kier molecular flexibility index (Phi) is 5.33. The highest BCUT2D eigenvalue weighted by atomic mass is 35.5. The summed E-state index contributed by atoms with van der Waals surface area (Å²) in [5.41, 5.74) is 2.18. The molecule has 0 atom stereocenters. The second-order valence-corrected chi connectivity index (χ2v) is 6.23. The molecule has 1 N–H and O–H groups in total. The standard InChI is InChI=1S/C15H17ClN2O2S/c1-3-14-17-11(9-21-14)8-18(2)7-10-4-5-12(15(19)20)13(16)6-10/h4-6,9H,3,7-8H2,1-2H3,(H,19,20). The molecule has 112 valence electrons. The predicted molar refractivity (Wildman–Crippen MR) is 85.1 cm³/mol. The Morgan fingerprint density at radius 3 is 2.76 bits per heavy atom. The van der Waals surface area contributed by atoms with Gasteiger partial charge in [0.25, 0.3) is 0 Å². The number of hydrogen-bond donors (Lipinski definition) is 1. The fourth-order valence-electron chi connectivity index (χ4n) is 2.06. The van der Waals surface area contributed by atoms with Gasteiger partial charge in [0.05, 0.1) is 21.3 Å². The van der Waals surface area contributed by atoms with E-state index in [0.29, 0.717) is 6.54 Å². The Balaban J connectivity index is 2.00. The fraction of sp³-hybridized carbons (Fsp3) is 0.333. The summed E-state index contributed by atoms with van der Waals surface area (Å²) in [7, 11) is 2.00. The smallest absolute Gasteiger partial charge is 0.337 e. The minimum absolute atomic E-state index is 0.134. The van der Waals surface area contributed by atoms with Crippen molar-refractivity contribution in [2.75, 3.05) is 7.05 Å². The van der Waals surface area contributed by atoms with E-state index >= 15 is 0 Å². The van der Waals surface area contributed by atoms with Gasteiger partial charge in [-0.15, -0.1) is 11.3 Å². The highest BCUT2D eigenvalue weighted by Gasteiger charge is 2.10. The lowest BCUT2D eigenvalue weighted by Gasteiger charge is -2.15. The van der Waals surface area contributed by atoms with Crippen LogP contribution >= 0.6 is 22.9 Å². The Hall–Kier alpha value is -1.43. The van der Waals surface area contributed by atoms with Gasteiger partial charge in [0, 0.05) is 18.5 Å². The minimum atomic E-state index is -1.01. The Morgan fingerprint density at radius 1 is 1.43 bits per heavy atom. The van der Waals surface area contributed by atoms with Gasteiger partial charge in [0.15, 0.2) is 0 Å². The third-order valence-corrected chi connectivity index (χ3v) is 4.40. The quantitative estimate of drug-likeness (QED) is 0.880. The summed E-state index contributed by atoms with van der Waals surface area (Å²) in [6, 6.07) is 5.05. The maximum atomic E-state index is 10.9. The van der Waals surface area contributed by atoms with Crippen LogP contribution in [-0.2, 0) is 19.5 Å². The van der Waals surface area contributed by atoms with Gasteiger partial charge in [-0.2, -0.15) is 0 Å². The number of nitrogens with zero attached hydrogens (tertiary/aromatic N) is 2. The van der Waals surface area contributed by atoms with Crippen LogP contribution in [0, 0.1) is 0 Å². The average molecular weight is 325 g/mol. The Labute approximate surface area is 133 Å². The normalized spacial score (nSPS) is 11.0. The van der Waals surface area contributed by atoms with Crippen molar-refractivity contribution in [1.82, 2.24) is 9.88 Å². The molecule has 2 rings (SSSR count). The van der Waals surface area contributed by atoms with Gasteiger partial charge in [-0.05, 0) is 31.2 Å². The van der Waals surface area contributed by atoms with Crippen molar-refractivity contribution >= 4 is 28.9 Å². The van der Waals surface area contributed by atoms with Crippen molar-refractivity contribution in [1.29, 1.82) is 0 Å². The highest BCUT2D eigenvalue weighted by Crippen LogP contribution is 2.19. The molecule has 0 aliphatic heterocycles. The van der Waals surface area contributed by atoms with E-state index in [2.05, 4.69) is 22.2 Å². The van der Waals surface area contributed by atoms with Crippen molar-refractivity contribution in [2.24, 2.45) is 0 Å². The van der Waals surface area contributed by atoms with Crippen molar-refractivity contribution in [2.45, 2.75) is 26.4 Å². The van der Waals surface area contributed by atoms with E-state index in [1.807, 2.05) is 7.05 Å². The van der Waals surface area contributed by atoms with Crippen LogP contribution in [0.4, 0.5) is 0 Å². The van der Waals surface area contributed by atoms with Crippen LogP contribution in [-0.4, -0.2) is 28.0 Å². The fourth-order valence-corrected chi connectivity index (χ4v) is 3.08. The van der Waals surface area contributed by atoms with E-state index in [9.17, 15) is 4.79 Å². The van der Waals surface area contributed by atoms with Gasteiger partial charge in [-0.3, -0.25) is 4.90 Å². The van der Waals surface area contributed by atoms with Gasteiger partial charge in [-0.1, -0.05) is 24.6 Å². The molecular formula is C15H17ClN2O2S. The molecule has 0 bridgehead atoms. The number of aryl methyl sites for hydroxylation is 1. The monoisotopic (exact) mass is 324 g/mol. The molecule has 0 saturated carbocycles. The first kappa shape index (κ1) is 15.9. The Morgan fingerprint density at radius 2 is 2.19 bits per heavy atom. The van der Waals surface area contributed by atoms with E-state index in [1.54, 1.807) is 29.5 Å². The molecule has 0 radical (unpaired) electrons. The summed E-state index contributed by atoms with van der Waals surface area (Å²) >= 11 is 7.66. The second-order valence-electron chi connectivity index (χ2n) is 4.88. The van der Waals surface area contributed by atoms with Crippen LogP contribution < -0.4 is 0 Å². The summed E-state index contributed by atoms with van der Waals surface area (Å²) in [5, 5.41) is 12.5. The SMILES string of the molecule is CCc1nc(CN(C)Cc2ccc(C(=O)O)c(Cl)c2)cs1. The van der Waals surface area contributed by atoms with Crippen LogP contribution in [0.5, 0.6) is 0 Å². The highest BCUT2D eigenvalue weighted by molar-refractivity contribution is 7.09. The zero-order chi connectivity index (χ0) is 15.4. The van der Waals surface area contributed by atoms with Crippen LogP contribution in [0.2, 0.25) is 5.02 Å². The van der Waals surface area contributed by atoms with E-state index in [1.165, 1.54) is 0 Å². The van der Waals surface area contributed by atoms with Crippen molar-refractivity contribution in [3.8, 4) is 0 Å². The first-order valence-electron chi connectivity index (χ1n) is 6.63. The maximum absolute atomic E-state index is 10.9. The van der Waals surface area contributed by atoms with Crippen molar-refractivity contribution < 1.29 is 9.90 Å². The van der Waals surface area contributed by atoms with Crippen LogP contribution in [0.25, 0.3) is 0 Å². The van der Waals surface area contributed by atoms with Gasteiger partial charge in [-0.25, -0.2) is 9.78 Å². The zero-order valence-corrected chi connectivity index (χ0v) is 13.5. The molecule has 4 nitrogen and oxygen atoms in total. The third kappa shape index (κ3) is 4.27. The summed E-state index contributed by atoms with van der Waals surface area (Å²) in [6.45, 7) is 3.55. The summed E-state index contributed by atoms with van der Waals surface area (Å²) in [6.07, 6.45) is 0.959. The van der Waals surface area contributed by atoms with E-state index < -0.39 is 5.97 Å². The molecular weight excluding hydrogens is 308 g/mol. The zero-order valence-electron chi connectivity index (χ0n) is 12.0. The molecule has 1 aromatic heterocycles. The first-order valence-corrected chi connectivity index (χ1v) is 7.89. The number of carbonyl (C=O) groups is 1. The maximum Gasteiger partial charge on any atom is 0.337 e. The number of hydrogen-bond acceptors (Lipinski definition) is 4. The molecule has 0 amide bonds. The van der Waals surface area contributed by atoms with Gasteiger partial charge < -0.3 is 5.11 Å². The lowest BCUT2D eigenvalue weighted by molar-refractivity contribution is 0.0697. The lowest BCUT2D eigenvalue weighted by Crippen LogP contribution is -2.17. The predicted octanol–water partition coefficient (Wildman–Crippen LogP) is 3.69. The Bertz CT molecular complexity index is 642. The van der Waals surface area contributed by atoms with Crippen molar-refractivity contribution in [3.05, 3.63) is 50.4 Å². The topological polar surface area (TPSA) is 53.4 Å². The summed E-state index contributed by atoms with van der Waals surface area (Å²) in [5.74, 6) is -1.01. The number of thiazole rings is 1. The lowest BCUT2D eigenvalue weighted by atomic mass is 10.1. The van der Waals surface area contributed by atoms with Gasteiger partial charge in [0.2, 0.25) is 0 Å². The number of aromatic carboxylic acids is 1. The number of rotatable bonds is 6. The molecule has 6 heteroatoms. The molecule has 0 aliphatic carbocycles. The number of halogens is 1. The molecule has 0 unspecified atom stereocenters. The summed E-state index contributed by atoms with van der Waals surface area (Å²) < 4.78 is 0. The molecule has 0 fully saturated rings. The molecule has 21 heavy (non-hydrogen) atoms. The molecule has 0 saturated heterocycles. The average Bonchev–Trinajstić information content (AvgIpc) is 2.85. The molecule has 1 aromatic carbocycles. The molecule has 0 spiro atoms. The minimum Gasteiger partial charge on any atom is -0.478 e. The molecule has 0 aliphatic rings. The molecule has 2 aromatic rings. The van der Waals surface area contributed by atoms with E-state index in [0.717, 1.165) is 29.2 Å². The van der Waals surface area contributed by atoms with Crippen molar-refractivity contribution in [3.63, 3.8) is 0 Å². The number of benzene rings is 1. The number of aromatic nitrogens is 1. The summed E-state index contributed by atoms with van der Waals surface area (Å²) in [4.78, 5) is 17.6. The van der Waals surface area contributed by atoms with Crippen LogP contribution in [0.15, 0.2) is 23.6 Å². The molecule has 1 heterocycles. The van der Waals surface area contributed by atoms with Gasteiger partial charge in [0.1, 0.15) is 0 Å². The first-order chi connectivity index (χ1) is 9.99. The second kappa shape index (κ2) is 7.02. The van der Waals surface area contributed by atoms with E-state index in [4.69, 9.17) is 16.7 Å². The van der Waals surface area contributed by atoms with E-state index in [-0.39, 0.29) is 10.6 Å². The largest absolute Gasteiger partial charge is 0.478 e. The van der Waals surface area contributed by atoms with Crippen LogP contribution in [0.1, 0.15) is 33.5 Å². The third-order valence-electron chi connectivity index (χ3n) is 3.05. The van der Waals surface area contributed by atoms with Crippen LogP contribution in [0.3, 0.4) is 0 Å². The van der Waals surface area contributed by atoms with Gasteiger partial charge >= 0.3 is 5.97 Å².